The lowest BCUT2D eigenvalue weighted by Gasteiger charge is -2.25. The van der Waals surface area contributed by atoms with Crippen molar-refractivity contribution in [3.8, 4) is 0 Å². The van der Waals surface area contributed by atoms with Crippen molar-refractivity contribution in [3.63, 3.8) is 0 Å². The third kappa shape index (κ3) is 3.08. The molecule has 138 valence electrons. The molecule has 1 fully saturated rings. The second-order valence-corrected chi connectivity index (χ2v) is 7.28. The Morgan fingerprint density at radius 1 is 1.12 bits per heavy atom. The van der Waals surface area contributed by atoms with Crippen LogP contribution in [0.5, 0.6) is 0 Å². The largest absolute Gasteiger partial charge is 0.416 e. The van der Waals surface area contributed by atoms with Gasteiger partial charge in [0.2, 0.25) is 0 Å². The molecule has 2 aliphatic heterocycles. The molecule has 2 aromatic carbocycles. The fourth-order valence-electron chi connectivity index (χ4n) is 3.94. The molecule has 2 unspecified atom stereocenters. The van der Waals surface area contributed by atoms with Crippen LogP contribution in [0.1, 0.15) is 34.7 Å². The Morgan fingerprint density at radius 2 is 1.88 bits per heavy atom. The van der Waals surface area contributed by atoms with Crippen molar-refractivity contribution >= 4 is 5.69 Å². The molecule has 0 radical (unpaired) electrons. The summed E-state index contributed by atoms with van der Waals surface area (Å²) >= 11 is 0. The molecule has 3 nitrogen and oxygen atoms in total. The minimum atomic E-state index is -4.35. The van der Waals surface area contributed by atoms with Crippen molar-refractivity contribution in [1.29, 1.82) is 0 Å². The second kappa shape index (κ2) is 6.28. The molecule has 26 heavy (non-hydrogen) atoms. The molecule has 0 aromatic heterocycles. The van der Waals surface area contributed by atoms with Crippen LogP contribution < -0.4 is 5.06 Å². The van der Waals surface area contributed by atoms with Crippen LogP contribution in [0.15, 0.2) is 42.5 Å². The van der Waals surface area contributed by atoms with Crippen molar-refractivity contribution in [1.82, 2.24) is 4.90 Å². The van der Waals surface area contributed by atoms with E-state index in [0.717, 1.165) is 28.9 Å². The number of fused-ring (bicyclic) bond motifs is 5. The minimum Gasteiger partial charge on any atom is -0.307 e. The van der Waals surface area contributed by atoms with Crippen molar-refractivity contribution in [3.05, 3.63) is 64.7 Å². The van der Waals surface area contributed by atoms with E-state index in [-0.39, 0.29) is 12.1 Å². The summed E-state index contributed by atoms with van der Waals surface area (Å²) in [6.07, 6.45) is -3.12. The van der Waals surface area contributed by atoms with Crippen LogP contribution in [0, 0.1) is 0 Å². The number of likely N-dealkylation sites (N-methyl/N-ethyl adjacent to an activating group) is 1. The Kier molecular flexibility index (Phi) is 4.20. The number of nitrogens with zero attached hydrogens (tertiary/aromatic N) is 2. The second-order valence-electron chi connectivity index (χ2n) is 7.28. The van der Waals surface area contributed by atoms with Gasteiger partial charge in [-0.2, -0.15) is 13.2 Å². The van der Waals surface area contributed by atoms with Gasteiger partial charge in [-0.3, -0.25) is 4.84 Å². The van der Waals surface area contributed by atoms with Gasteiger partial charge < -0.3 is 4.90 Å². The summed E-state index contributed by atoms with van der Waals surface area (Å²) < 4.78 is 39.8. The first kappa shape index (κ1) is 17.4. The van der Waals surface area contributed by atoms with Crippen molar-refractivity contribution in [2.24, 2.45) is 0 Å². The summed E-state index contributed by atoms with van der Waals surface area (Å²) in [7, 11) is 3.94. The Balaban J connectivity index is 1.81. The van der Waals surface area contributed by atoms with E-state index in [1.807, 2.05) is 48.3 Å². The van der Waals surface area contributed by atoms with Crippen LogP contribution in [-0.2, 0) is 17.4 Å². The predicted octanol–water partition coefficient (Wildman–Crippen LogP) is 4.42. The fraction of sp³-hybridized carbons (Fsp3) is 0.400. The molecule has 0 amide bonds. The maximum absolute atomic E-state index is 13.3. The van der Waals surface area contributed by atoms with Crippen LogP contribution in [0.2, 0.25) is 0 Å². The van der Waals surface area contributed by atoms with Crippen molar-refractivity contribution in [2.75, 3.05) is 25.7 Å². The highest BCUT2D eigenvalue weighted by atomic mass is 19.4. The monoisotopic (exact) mass is 362 g/mol. The summed E-state index contributed by atoms with van der Waals surface area (Å²) in [4.78, 5) is 8.21. The normalized spacial score (nSPS) is 22.0. The maximum atomic E-state index is 13.3. The fourth-order valence-corrected chi connectivity index (χ4v) is 3.94. The molecular weight excluding hydrogens is 341 g/mol. The van der Waals surface area contributed by atoms with Crippen molar-refractivity contribution < 1.29 is 18.0 Å². The number of rotatable bonds is 2. The lowest BCUT2D eigenvalue weighted by molar-refractivity contribution is -0.137. The standard InChI is InChI=1S/C20H21F3N2O/c1-24(2)12-16-11-19-17-10-15(20(21,22)23)8-7-13(17)9-14-5-3-4-6-18(14)25(19)26-16/h3-8,10,16,19H,9,11-12H2,1-2H3. The van der Waals surface area contributed by atoms with Gasteiger partial charge in [0.1, 0.15) is 6.10 Å². The number of hydrogen-bond donors (Lipinski definition) is 0. The number of alkyl halides is 3. The third-order valence-electron chi connectivity index (χ3n) is 5.04. The molecular formula is C20H21F3N2O. The molecule has 6 heteroatoms. The van der Waals surface area contributed by atoms with E-state index in [4.69, 9.17) is 4.84 Å². The summed E-state index contributed by atoms with van der Waals surface area (Å²) in [5.41, 5.74) is 3.08. The zero-order valence-corrected chi connectivity index (χ0v) is 14.8. The number of hydroxylamine groups is 1. The van der Waals surface area contributed by atoms with Gasteiger partial charge in [-0.05, 0) is 55.4 Å². The molecule has 0 bridgehead atoms. The van der Waals surface area contributed by atoms with Gasteiger partial charge in [-0.25, -0.2) is 5.06 Å². The Labute approximate surface area is 150 Å². The van der Waals surface area contributed by atoms with E-state index in [1.54, 1.807) is 6.07 Å². The van der Waals surface area contributed by atoms with Gasteiger partial charge >= 0.3 is 6.18 Å². The first-order chi connectivity index (χ1) is 12.3. The van der Waals surface area contributed by atoms with Gasteiger partial charge in [0.15, 0.2) is 0 Å². The molecule has 0 saturated carbocycles. The summed E-state index contributed by atoms with van der Waals surface area (Å²) in [6, 6.07) is 11.8. The molecule has 2 aromatic rings. The molecule has 2 heterocycles. The van der Waals surface area contributed by atoms with E-state index in [9.17, 15) is 13.2 Å². The van der Waals surface area contributed by atoms with Crippen LogP contribution >= 0.6 is 0 Å². The lowest BCUT2D eigenvalue weighted by Crippen LogP contribution is -2.27. The Hall–Kier alpha value is -2.05. The highest BCUT2D eigenvalue weighted by Gasteiger charge is 2.40. The van der Waals surface area contributed by atoms with Gasteiger partial charge in [-0.15, -0.1) is 0 Å². The van der Waals surface area contributed by atoms with E-state index in [0.29, 0.717) is 12.8 Å². The van der Waals surface area contributed by atoms with E-state index < -0.39 is 11.7 Å². The zero-order valence-electron chi connectivity index (χ0n) is 14.8. The van der Waals surface area contributed by atoms with E-state index in [2.05, 4.69) is 0 Å². The van der Waals surface area contributed by atoms with Gasteiger partial charge in [0.25, 0.3) is 0 Å². The maximum Gasteiger partial charge on any atom is 0.416 e. The highest BCUT2D eigenvalue weighted by molar-refractivity contribution is 5.59. The number of benzene rings is 2. The predicted molar refractivity (Wildman–Crippen MR) is 94.0 cm³/mol. The smallest absolute Gasteiger partial charge is 0.307 e. The summed E-state index contributed by atoms with van der Waals surface area (Å²) in [5.74, 6) is 0. The number of para-hydroxylation sites is 1. The minimum absolute atomic E-state index is 0.0523. The number of halogens is 3. The summed E-state index contributed by atoms with van der Waals surface area (Å²) in [6.45, 7) is 0.726. The SMILES string of the molecule is CN(C)CC1CC2c3cc(C(F)(F)F)ccc3Cc3ccccc3N2O1. The Bertz CT molecular complexity index is 819. The first-order valence-electron chi connectivity index (χ1n) is 8.71. The lowest BCUT2D eigenvalue weighted by atomic mass is 9.93. The topological polar surface area (TPSA) is 15.7 Å². The van der Waals surface area contributed by atoms with E-state index >= 15 is 0 Å². The molecule has 0 aliphatic carbocycles. The Morgan fingerprint density at radius 3 is 2.62 bits per heavy atom. The first-order valence-corrected chi connectivity index (χ1v) is 8.71. The van der Waals surface area contributed by atoms with Gasteiger partial charge in [0.05, 0.1) is 17.3 Å². The van der Waals surface area contributed by atoms with E-state index in [1.165, 1.54) is 12.1 Å². The zero-order chi connectivity index (χ0) is 18.5. The van der Waals surface area contributed by atoms with Gasteiger partial charge in [0, 0.05) is 13.0 Å². The van der Waals surface area contributed by atoms with Crippen molar-refractivity contribution in [2.45, 2.75) is 31.2 Å². The molecule has 0 spiro atoms. The van der Waals surface area contributed by atoms with Crippen LogP contribution in [0.4, 0.5) is 18.9 Å². The highest BCUT2D eigenvalue weighted by Crippen LogP contribution is 2.45. The molecule has 1 saturated heterocycles. The third-order valence-corrected chi connectivity index (χ3v) is 5.04. The average Bonchev–Trinajstić information content (AvgIpc) is 2.92. The summed E-state index contributed by atoms with van der Waals surface area (Å²) in [5, 5.41) is 1.83. The van der Waals surface area contributed by atoms with Gasteiger partial charge in [-0.1, -0.05) is 24.3 Å². The molecule has 4 rings (SSSR count). The van der Waals surface area contributed by atoms with Crippen LogP contribution in [0.3, 0.4) is 0 Å². The molecule has 2 atom stereocenters. The van der Waals surface area contributed by atoms with Crippen LogP contribution in [0.25, 0.3) is 0 Å². The quantitative estimate of drug-likeness (QED) is 0.786. The van der Waals surface area contributed by atoms with Crippen LogP contribution in [-0.4, -0.2) is 31.6 Å². The number of hydrogen-bond acceptors (Lipinski definition) is 3. The average molecular weight is 362 g/mol. The number of anilines is 1. The molecule has 2 aliphatic rings. The molecule has 0 N–H and O–H groups in total.